The number of ether oxygens (including phenoxy) is 4. The second-order valence-electron chi connectivity index (χ2n) is 27.3. The van der Waals surface area contributed by atoms with Crippen LogP contribution in [0.2, 0.25) is 0 Å². The van der Waals surface area contributed by atoms with E-state index in [0.717, 1.165) is 95.8 Å². The summed E-state index contributed by atoms with van der Waals surface area (Å²) in [6.07, 6.45) is 56.7. The van der Waals surface area contributed by atoms with Crippen molar-refractivity contribution in [3.8, 4) is 0 Å². The van der Waals surface area contributed by atoms with Crippen molar-refractivity contribution in [1.82, 2.24) is 0 Å². The number of hydrogen-bond acceptors (Lipinski definition) is 15. The first-order chi connectivity index (χ1) is 45.6. The standard InChI is InChI=1S/C75H146O17P2/c1-6-10-13-16-19-22-25-27-29-30-32-34-36-39-45-50-55-60-74(79)91-70(64-86-73(78)59-54-49-44-38-35-33-31-28-26-23-20-17-14-11-7-2)66-89-93(81,82)87-62-69(76)63-88-94(83,84)90-67-71(65-85-72(77)58-53-48-43-37-24-21-18-15-12-8-3)92-75(80)61-56-51-46-41-40-42-47-52-57-68(5)9-4/h68-71,76H,6-67H2,1-5H3,(H,81,82)(H,83,84)/t68?,69-,70-,71-/m1/s1. The van der Waals surface area contributed by atoms with Crippen molar-refractivity contribution in [1.29, 1.82) is 0 Å². The first-order valence-corrected chi connectivity index (χ1v) is 42.2. The molecule has 0 saturated heterocycles. The predicted octanol–water partition coefficient (Wildman–Crippen LogP) is 22.1. The maximum absolute atomic E-state index is 13.1. The summed E-state index contributed by atoms with van der Waals surface area (Å²) in [5, 5.41) is 10.6. The third kappa shape index (κ3) is 67.3. The molecule has 0 radical (unpaired) electrons. The summed E-state index contributed by atoms with van der Waals surface area (Å²) in [6.45, 7) is 7.28. The van der Waals surface area contributed by atoms with Crippen LogP contribution in [0, 0.1) is 5.92 Å². The van der Waals surface area contributed by atoms with Gasteiger partial charge in [-0.1, -0.05) is 343 Å². The molecule has 0 aromatic rings. The number of carbonyl (C=O) groups is 4. The third-order valence-corrected chi connectivity index (χ3v) is 19.8. The Morgan fingerprint density at radius 3 is 0.755 bits per heavy atom. The predicted molar refractivity (Wildman–Crippen MR) is 382 cm³/mol. The van der Waals surface area contributed by atoms with E-state index in [9.17, 15) is 43.2 Å². The van der Waals surface area contributed by atoms with Crippen LogP contribution in [0.5, 0.6) is 0 Å². The smallest absolute Gasteiger partial charge is 0.462 e. The molecule has 17 nitrogen and oxygen atoms in total. The Labute approximate surface area is 575 Å². The average Bonchev–Trinajstić information content (AvgIpc) is 2.52. The Kier molecular flexibility index (Phi) is 66.8. The highest BCUT2D eigenvalue weighted by Crippen LogP contribution is 2.45. The Morgan fingerprint density at radius 2 is 0.511 bits per heavy atom. The van der Waals surface area contributed by atoms with Gasteiger partial charge in [-0.25, -0.2) is 9.13 Å². The molecule has 3 N–H and O–H groups in total. The van der Waals surface area contributed by atoms with Crippen molar-refractivity contribution in [2.45, 2.75) is 412 Å². The highest BCUT2D eigenvalue weighted by atomic mass is 31.2. The topological polar surface area (TPSA) is 237 Å². The maximum atomic E-state index is 13.1. The van der Waals surface area contributed by atoms with E-state index in [1.807, 2.05) is 0 Å². The first-order valence-electron chi connectivity index (χ1n) is 39.2. The lowest BCUT2D eigenvalue weighted by Crippen LogP contribution is -2.30. The molecule has 0 heterocycles. The molecule has 6 atom stereocenters. The van der Waals surface area contributed by atoms with Crippen LogP contribution in [-0.4, -0.2) is 96.7 Å². The van der Waals surface area contributed by atoms with E-state index in [4.69, 9.17) is 37.0 Å². The maximum Gasteiger partial charge on any atom is 0.472 e. The van der Waals surface area contributed by atoms with Crippen LogP contribution in [0.3, 0.4) is 0 Å². The fourth-order valence-electron chi connectivity index (χ4n) is 11.5. The molecule has 0 fully saturated rings. The van der Waals surface area contributed by atoms with Crippen LogP contribution >= 0.6 is 15.6 Å². The number of aliphatic hydroxyl groups excluding tert-OH is 1. The van der Waals surface area contributed by atoms with E-state index in [0.29, 0.717) is 25.7 Å². The van der Waals surface area contributed by atoms with Gasteiger partial charge < -0.3 is 33.8 Å². The molecule has 0 spiro atoms. The van der Waals surface area contributed by atoms with Crippen LogP contribution in [0.15, 0.2) is 0 Å². The summed E-state index contributed by atoms with van der Waals surface area (Å²) < 4.78 is 68.5. The van der Waals surface area contributed by atoms with Gasteiger partial charge >= 0.3 is 39.5 Å². The van der Waals surface area contributed by atoms with Crippen LogP contribution in [0.25, 0.3) is 0 Å². The highest BCUT2D eigenvalue weighted by Gasteiger charge is 2.30. The number of phosphoric acid groups is 2. The molecule has 0 aliphatic rings. The number of carbonyl (C=O) groups excluding carboxylic acids is 4. The molecule has 94 heavy (non-hydrogen) atoms. The van der Waals surface area contributed by atoms with Crippen molar-refractivity contribution >= 4 is 39.5 Å². The van der Waals surface area contributed by atoms with Crippen molar-refractivity contribution in [3.63, 3.8) is 0 Å². The molecule has 3 unspecified atom stereocenters. The molecular formula is C75H146O17P2. The van der Waals surface area contributed by atoms with Gasteiger partial charge in [0.15, 0.2) is 12.2 Å². The van der Waals surface area contributed by atoms with Gasteiger partial charge in [0.25, 0.3) is 0 Å². The molecule has 558 valence electrons. The molecule has 19 heteroatoms. The summed E-state index contributed by atoms with van der Waals surface area (Å²) in [5.74, 6) is -1.35. The SMILES string of the molecule is CCCCCCCCCCCCCCCCCCCC(=O)O[C@H](COC(=O)CCCCCCCCCCCCCCCCC)COP(=O)(O)OC[C@@H](O)COP(=O)(O)OC[C@@H](COC(=O)CCCCCCCCCCCC)OC(=O)CCCCCCCCCCC(C)CC. The number of esters is 4. The van der Waals surface area contributed by atoms with E-state index in [1.165, 1.54) is 218 Å². The Hall–Kier alpha value is -1.94. The van der Waals surface area contributed by atoms with Gasteiger partial charge in [-0.05, 0) is 31.6 Å². The van der Waals surface area contributed by atoms with Gasteiger partial charge in [0.05, 0.1) is 26.4 Å². The fraction of sp³-hybridized carbons (Fsp3) is 0.947. The van der Waals surface area contributed by atoms with E-state index in [1.54, 1.807) is 0 Å². The molecule has 0 aromatic heterocycles. The number of unbranched alkanes of at least 4 members (excludes halogenated alkanes) is 46. The van der Waals surface area contributed by atoms with E-state index in [2.05, 4.69) is 34.6 Å². The Balaban J connectivity index is 5.24. The summed E-state index contributed by atoms with van der Waals surface area (Å²) in [5.41, 5.74) is 0. The number of rotatable bonds is 75. The van der Waals surface area contributed by atoms with E-state index < -0.39 is 97.5 Å². The summed E-state index contributed by atoms with van der Waals surface area (Å²) in [6, 6.07) is 0. The average molecular weight is 1380 g/mol. The zero-order valence-electron chi connectivity index (χ0n) is 61.1. The molecule has 0 aromatic carbocycles. The normalized spacial score (nSPS) is 14.3. The lowest BCUT2D eigenvalue weighted by molar-refractivity contribution is -0.161. The molecule has 0 amide bonds. The fourth-order valence-corrected chi connectivity index (χ4v) is 13.1. The quantitative estimate of drug-likeness (QED) is 0.0222. The van der Waals surface area contributed by atoms with E-state index >= 15 is 0 Å². The molecule has 0 saturated carbocycles. The summed E-state index contributed by atoms with van der Waals surface area (Å²) in [4.78, 5) is 72.8. The minimum Gasteiger partial charge on any atom is -0.462 e. The van der Waals surface area contributed by atoms with Crippen LogP contribution in [-0.2, 0) is 65.4 Å². The third-order valence-electron chi connectivity index (χ3n) is 17.9. The number of aliphatic hydroxyl groups is 1. The summed E-state index contributed by atoms with van der Waals surface area (Å²) >= 11 is 0. The second kappa shape index (κ2) is 68.2. The van der Waals surface area contributed by atoms with Gasteiger partial charge in [-0.3, -0.25) is 37.3 Å². The zero-order chi connectivity index (χ0) is 69.1. The summed E-state index contributed by atoms with van der Waals surface area (Å²) in [7, 11) is -9.91. The second-order valence-corrected chi connectivity index (χ2v) is 30.2. The van der Waals surface area contributed by atoms with Crippen molar-refractivity contribution < 1.29 is 80.2 Å². The lowest BCUT2D eigenvalue weighted by atomic mass is 9.99. The van der Waals surface area contributed by atoms with Crippen molar-refractivity contribution in [3.05, 3.63) is 0 Å². The highest BCUT2D eigenvalue weighted by molar-refractivity contribution is 7.47. The van der Waals surface area contributed by atoms with Gasteiger partial charge in [0, 0.05) is 25.7 Å². The lowest BCUT2D eigenvalue weighted by Gasteiger charge is -2.21. The minimum absolute atomic E-state index is 0.106. The van der Waals surface area contributed by atoms with Gasteiger partial charge in [-0.2, -0.15) is 0 Å². The number of phosphoric ester groups is 2. The molecule has 0 aliphatic heterocycles. The van der Waals surface area contributed by atoms with Gasteiger partial charge in [0.2, 0.25) is 0 Å². The minimum atomic E-state index is -4.96. The first kappa shape index (κ1) is 92.1. The van der Waals surface area contributed by atoms with E-state index in [-0.39, 0.29) is 25.7 Å². The monoisotopic (exact) mass is 1380 g/mol. The Morgan fingerprint density at radius 1 is 0.298 bits per heavy atom. The van der Waals surface area contributed by atoms with Gasteiger partial charge in [-0.15, -0.1) is 0 Å². The molecule has 0 bridgehead atoms. The molecule has 0 rings (SSSR count). The van der Waals surface area contributed by atoms with Gasteiger partial charge in [0.1, 0.15) is 19.3 Å². The number of hydrogen-bond donors (Lipinski definition) is 3. The zero-order valence-corrected chi connectivity index (χ0v) is 62.9. The van der Waals surface area contributed by atoms with Crippen LogP contribution in [0.4, 0.5) is 0 Å². The van der Waals surface area contributed by atoms with Crippen molar-refractivity contribution in [2.75, 3.05) is 39.6 Å². The van der Waals surface area contributed by atoms with Crippen molar-refractivity contribution in [2.24, 2.45) is 5.92 Å². The largest absolute Gasteiger partial charge is 0.472 e. The Bertz CT molecular complexity index is 1810. The van der Waals surface area contributed by atoms with Crippen LogP contribution in [0.1, 0.15) is 394 Å². The molecule has 0 aliphatic carbocycles. The molecular weight excluding hydrogens is 1230 g/mol. The van der Waals surface area contributed by atoms with Crippen LogP contribution < -0.4 is 0 Å².